The molecule has 154 valence electrons. The van der Waals surface area contributed by atoms with Crippen LogP contribution in [0.5, 0.6) is 5.75 Å². The van der Waals surface area contributed by atoms with E-state index in [4.69, 9.17) is 21.3 Å². The van der Waals surface area contributed by atoms with Crippen molar-refractivity contribution >= 4 is 44.2 Å². The molecule has 1 amide bonds. The molecule has 2 aromatic carbocycles. The highest BCUT2D eigenvalue weighted by molar-refractivity contribution is 7.23. The number of aromatic nitrogens is 1. The van der Waals surface area contributed by atoms with Crippen LogP contribution in [0.4, 0.5) is 5.13 Å². The number of fused-ring (bicyclic) bond motifs is 1. The molecule has 0 N–H and O–H groups in total. The van der Waals surface area contributed by atoms with Crippen LogP contribution in [0, 0.1) is 0 Å². The molecule has 0 saturated carbocycles. The zero-order valence-corrected chi connectivity index (χ0v) is 18.6. The lowest BCUT2D eigenvalue weighted by atomic mass is 10.1. The van der Waals surface area contributed by atoms with E-state index in [1.165, 1.54) is 11.3 Å². The highest BCUT2D eigenvalue weighted by Crippen LogP contribution is 2.38. The monoisotopic (exact) mass is 431 g/mol. The van der Waals surface area contributed by atoms with E-state index in [0.29, 0.717) is 34.4 Å². The average Bonchev–Trinajstić information content (AvgIpc) is 3.18. The molecule has 1 aromatic heterocycles. The third-order valence-electron chi connectivity index (χ3n) is 4.93. The molecular weight excluding hydrogens is 406 g/mol. The van der Waals surface area contributed by atoms with E-state index in [9.17, 15) is 4.79 Å². The second-order valence-electron chi connectivity index (χ2n) is 6.66. The molecular formula is C22H26ClN3O2S. The Bertz CT molecular complexity index is 957. The number of nitrogens with zero attached hydrogens (tertiary/aromatic N) is 3. The van der Waals surface area contributed by atoms with E-state index in [1.807, 2.05) is 30.3 Å². The highest BCUT2D eigenvalue weighted by Gasteiger charge is 2.22. The first-order valence-corrected chi connectivity index (χ1v) is 11.0. The van der Waals surface area contributed by atoms with Crippen molar-refractivity contribution in [1.82, 2.24) is 9.88 Å². The predicted octanol–water partition coefficient (Wildman–Crippen LogP) is 4.88. The lowest BCUT2D eigenvalue weighted by molar-refractivity contribution is -0.118. The van der Waals surface area contributed by atoms with E-state index in [-0.39, 0.29) is 5.91 Å². The molecule has 0 aliphatic rings. The van der Waals surface area contributed by atoms with Gasteiger partial charge >= 0.3 is 0 Å². The van der Waals surface area contributed by atoms with Crippen LogP contribution in [-0.2, 0) is 11.2 Å². The van der Waals surface area contributed by atoms with Gasteiger partial charge in [-0.25, -0.2) is 4.98 Å². The fourth-order valence-corrected chi connectivity index (χ4v) is 4.50. The lowest BCUT2D eigenvalue weighted by Crippen LogP contribution is -2.39. The van der Waals surface area contributed by atoms with Crippen molar-refractivity contribution in [2.24, 2.45) is 0 Å². The number of thiazole rings is 1. The summed E-state index contributed by atoms with van der Waals surface area (Å²) in [7, 11) is 1.61. The number of ether oxygens (including phenoxy) is 1. The molecule has 0 fully saturated rings. The number of halogens is 1. The van der Waals surface area contributed by atoms with Crippen LogP contribution in [0.3, 0.4) is 0 Å². The number of methoxy groups -OCH3 is 1. The van der Waals surface area contributed by atoms with Crippen LogP contribution in [0.2, 0.25) is 5.02 Å². The summed E-state index contributed by atoms with van der Waals surface area (Å²) in [4.78, 5) is 22.0. The summed E-state index contributed by atoms with van der Waals surface area (Å²) in [5.41, 5.74) is 1.68. The minimum absolute atomic E-state index is 0.0255. The molecule has 29 heavy (non-hydrogen) atoms. The van der Waals surface area contributed by atoms with Gasteiger partial charge in [0.2, 0.25) is 5.91 Å². The van der Waals surface area contributed by atoms with Gasteiger partial charge in [0.25, 0.3) is 0 Å². The van der Waals surface area contributed by atoms with E-state index in [1.54, 1.807) is 24.1 Å². The van der Waals surface area contributed by atoms with Crippen LogP contribution >= 0.6 is 22.9 Å². The molecule has 0 saturated heterocycles. The number of hydrogen-bond donors (Lipinski definition) is 0. The summed E-state index contributed by atoms with van der Waals surface area (Å²) < 4.78 is 6.27. The van der Waals surface area contributed by atoms with E-state index >= 15 is 0 Å². The number of carbonyl (C=O) groups excluding carboxylic acids is 1. The maximum atomic E-state index is 13.2. The zero-order valence-electron chi connectivity index (χ0n) is 17.0. The maximum Gasteiger partial charge on any atom is 0.233 e. The van der Waals surface area contributed by atoms with Gasteiger partial charge in [-0.1, -0.05) is 67.1 Å². The Morgan fingerprint density at radius 2 is 1.83 bits per heavy atom. The number of carbonyl (C=O) groups is 1. The Kier molecular flexibility index (Phi) is 7.47. The molecule has 0 aliphatic carbocycles. The Morgan fingerprint density at radius 3 is 2.48 bits per heavy atom. The molecule has 3 aromatic rings. The smallest absolute Gasteiger partial charge is 0.233 e. The van der Waals surface area contributed by atoms with Gasteiger partial charge in [-0.05, 0) is 30.8 Å². The largest absolute Gasteiger partial charge is 0.494 e. The second-order valence-corrected chi connectivity index (χ2v) is 8.04. The number of rotatable bonds is 9. The first kappa shape index (κ1) is 21.6. The van der Waals surface area contributed by atoms with Gasteiger partial charge in [-0.2, -0.15) is 0 Å². The van der Waals surface area contributed by atoms with Crippen LogP contribution in [0.1, 0.15) is 19.4 Å². The van der Waals surface area contributed by atoms with Crippen molar-refractivity contribution in [3.63, 3.8) is 0 Å². The van der Waals surface area contributed by atoms with Gasteiger partial charge in [0.15, 0.2) is 5.13 Å². The van der Waals surface area contributed by atoms with Gasteiger partial charge in [-0.15, -0.1) is 0 Å². The third-order valence-corrected chi connectivity index (χ3v) is 6.47. The summed E-state index contributed by atoms with van der Waals surface area (Å²) in [6.45, 7) is 7.50. The van der Waals surface area contributed by atoms with Gasteiger partial charge in [-0.3, -0.25) is 9.69 Å². The zero-order chi connectivity index (χ0) is 20.8. The molecule has 0 unspecified atom stereocenters. The third kappa shape index (κ3) is 5.07. The Morgan fingerprint density at radius 1 is 1.10 bits per heavy atom. The van der Waals surface area contributed by atoms with Crippen molar-refractivity contribution in [2.45, 2.75) is 20.3 Å². The number of amides is 1. The molecule has 0 bridgehead atoms. The second kappa shape index (κ2) is 10.1. The number of likely N-dealkylation sites (N-methyl/N-ethyl adjacent to an activating group) is 1. The lowest BCUT2D eigenvalue weighted by Gasteiger charge is -2.24. The average molecular weight is 432 g/mol. The summed E-state index contributed by atoms with van der Waals surface area (Å²) in [5.74, 6) is 0.684. The summed E-state index contributed by atoms with van der Waals surface area (Å²) in [5, 5.41) is 1.27. The van der Waals surface area contributed by atoms with Crippen molar-refractivity contribution < 1.29 is 9.53 Å². The molecule has 1 heterocycles. The van der Waals surface area contributed by atoms with Gasteiger partial charge in [0, 0.05) is 13.1 Å². The normalized spacial score (nSPS) is 11.2. The van der Waals surface area contributed by atoms with Crippen LogP contribution in [0.15, 0.2) is 42.5 Å². The molecule has 0 spiro atoms. The number of benzene rings is 2. The number of anilines is 1. The molecule has 7 heteroatoms. The van der Waals surface area contributed by atoms with Crippen molar-refractivity contribution in [2.75, 3.05) is 38.2 Å². The standard InChI is InChI=1S/C22H26ClN3O2S/c1-4-25(5-2)13-14-26(19(27)15-16-9-7-6-8-10-16)22-24-20-18(28-3)12-11-17(23)21(20)29-22/h6-12H,4-5,13-15H2,1-3H3. The minimum Gasteiger partial charge on any atom is -0.494 e. The maximum absolute atomic E-state index is 13.2. The van der Waals surface area contributed by atoms with E-state index < -0.39 is 0 Å². The summed E-state index contributed by atoms with van der Waals surface area (Å²) in [6.07, 6.45) is 0.333. The predicted molar refractivity (Wildman–Crippen MR) is 121 cm³/mol. The van der Waals surface area contributed by atoms with Gasteiger partial charge in [0.1, 0.15) is 11.3 Å². The Balaban J connectivity index is 1.94. The Hall–Kier alpha value is -2.15. The molecule has 5 nitrogen and oxygen atoms in total. The van der Waals surface area contributed by atoms with Gasteiger partial charge in [0.05, 0.1) is 23.3 Å². The van der Waals surface area contributed by atoms with Crippen molar-refractivity contribution in [3.8, 4) is 5.75 Å². The van der Waals surface area contributed by atoms with Crippen LogP contribution in [0.25, 0.3) is 10.2 Å². The van der Waals surface area contributed by atoms with Crippen LogP contribution < -0.4 is 9.64 Å². The molecule has 0 radical (unpaired) electrons. The van der Waals surface area contributed by atoms with E-state index in [0.717, 1.165) is 29.9 Å². The van der Waals surface area contributed by atoms with Crippen LogP contribution in [-0.4, -0.2) is 49.1 Å². The molecule has 0 aliphatic heterocycles. The fraction of sp³-hybridized carbons (Fsp3) is 0.364. The topological polar surface area (TPSA) is 45.7 Å². The first-order chi connectivity index (χ1) is 14.1. The number of hydrogen-bond acceptors (Lipinski definition) is 5. The SMILES string of the molecule is CCN(CC)CCN(C(=O)Cc1ccccc1)c1nc2c(OC)ccc(Cl)c2s1. The van der Waals surface area contributed by atoms with E-state index in [2.05, 4.69) is 18.7 Å². The fourth-order valence-electron chi connectivity index (χ4n) is 3.20. The molecule has 0 atom stereocenters. The molecule has 3 rings (SSSR count). The summed E-state index contributed by atoms with van der Waals surface area (Å²) in [6, 6.07) is 13.4. The van der Waals surface area contributed by atoms with Gasteiger partial charge < -0.3 is 9.64 Å². The van der Waals surface area contributed by atoms with Crippen molar-refractivity contribution in [3.05, 3.63) is 53.1 Å². The quantitative estimate of drug-likeness (QED) is 0.484. The van der Waals surface area contributed by atoms with Crippen molar-refractivity contribution in [1.29, 1.82) is 0 Å². The Labute approximate surface area is 180 Å². The minimum atomic E-state index is 0.0255. The summed E-state index contributed by atoms with van der Waals surface area (Å²) >= 11 is 7.82. The first-order valence-electron chi connectivity index (χ1n) is 9.77. The highest BCUT2D eigenvalue weighted by atomic mass is 35.5.